The van der Waals surface area contributed by atoms with Gasteiger partial charge in [-0.2, -0.15) is 0 Å². The topological polar surface area (TPSA) is 132 Å². The van der Waals surface area contributed by atoms with Crippen LogP contribution in [-0.2, 0) is 16.1 Å². The van der Waals surface area contributed by atoms with Gasteiger partial charge in [0.1, 0.15) is 5.75 Å². The van der Waals surface area contributed by atoms with Crippen LogP contribution >= 0.6 is 15.9 Å². The third-order valence-corrected chi connectivity index (χ3v) is 5.06. The van der Waals surface area contributed by atoms with Crippen LogP contribution in [0.2, 0.25) is 0 Å². The zero-order valence-corrected chi connectivity index (χ0v) is 18.3. The predicted molar refractivity (Wildman–Crippen MR) is 109 cm³/mol. The van der Waals surface area contributed by atoms with Crippen molar-refractivity contribution in [3.8, 4) is 17.3 Å². The Hall–Kier alpha value is -3.05. The Kier molecular flexibility index (Phi) is 6.32. The van der Waals surface area contributed by atoms with E-state index in [4.69, 9.17) is 9.47 Å². The summed E-state index contributed by atoms with van der Waals surface area (Å²) in [6, 6.07) is 4.99. The van der Waals surface area contributed by atoms with Crippen molar-refractivity contribution in [1.29, 1.82) is 0 Å². The largest absolute Gasteiger partial charge is 0.496 e. The summed E-state index contributed by atoms with van der Waals surface area (Å²) in [5, 5.41) is 21.9. The molecule has 10 nitrogen and oxygen atoms in total. The van der Waals surface area contributed by atoms with Crippen molar-refractivity contribution in [2.75, 3.05) is 7.11 Å². The fourth-order valence-corrected chi connectivity index (χ4v) is 3.57. The quantitative estimate of drug-likeness (QED) is 0.391. The van der Waals surface area contributed by atoms with Crippen molar-refractivity contribution >= 4 is 27.7 Å². The molecule has 2 aromatic heterocycles. The number of H-pyrrole nitrogens is 1. The van der Waals surface area contributed by atoms with Crippen LogP contribution in [0.1, 0.15) is 47.3 Å². The number of aromatic amines is 1. The third kappa shape index (κ3) is 4.12. The minimum Gasteiger partial charge on any atom is -0.496 e. The van der Waals surface area contributed by atoms with Crippen LogP contribution < -0.4 is 4.74 Å². The molecule has 0 spiro atoms. The van der Waals surface area contributed by atoms with E-state index in [-0.39, 0.29) is 18.2 Å². The number of halogens is 1. The van der Waals surface area contributed by atoms with E-state index in [0.717, 1.165) is 4.80 Å². The molecule has 11 heteroatoms. The van der Waals surface area contributed by atoms with E-state index in [0.29, 0.717) is 38.3 Å². The summed E-state index contributed by atoms with van der Waals surface area (Å²) in [6.45, 7) is 4.24. The van der Waals surface area contributed by atoms with Crippen LogP contribution in [0, 0.1) is 6.92 Å². The summed E-state index contributed by atoms with van der Waals surface area (Å²) in [5.41, 5.74) is 2.09. The van der Waals surface area contributed by atoms with Gasteiger partial charge in [0.15, 0.2) is 5.78 Å². The molecular formula is C19H20BrN5O5. The normalized spacial score (nSPS) is 11.9. The highest BCUT2D eigenvalue weighted by Crippen LogP contribution is 2.30. The van der Waals surface area contributed by atoms with Gasteiger partial charge in [-0.1, -0.05) is 0 Å². The smallest absolute Gasteiger partial charge is 0.304 e. The van der Waals surface area contributed by atoms with E-state index in [2.05, 4.69) is 36.3 Å². The zero-order valence-electron chi connectivity index (χ0n) is 16.8. The summed E-state index contributed by atoms with van der Waals surface area (Å²) < 4.78 is 10.9. The van der Waals surface area contributed by atoms with Gasteiger partial charge in [-0.05, 0) is 58.8 Å². The van der Waals surface area contributed by atoms with Gasteiger partial charge in [0, 0.05) is 18.1 Å². The van der Waals surface area contributed by atoms with Gasteiger partial charge in [-0.25, -0.2) is 0 Å². The van der Waals surface area contributed by atoms with Crippen molar-refractivity contribution in [3.05, 3.63) is 45.1 Å². The van der Waals surface area contributed by atoms with Gasteiger partial charge in [0.25, 0.3) is 0 Å². The highest BCUT2D eigenvalue weighted by atomic mass is 79.9. The lowest BCUT2D eigenvalue weighted by Crippen LogP contribution is -2.15. The van der Waals surface area contributed by atoms with Crippen molar-refractivity contribution in [2.24, 2.45) is 0 Å². The number of ether oxygens (including phenoxy) is 2. The second kappa shape index (κ2) is 8.76. The molecule has 30 heavy (non-hydrogen) atoms. The second-order valence-corrected chi connectivity index (χ2v) is 7.31. The maximum Gasteiger partial charge on any atom is 0.304 e. The summed E-state index contributed by atoms with van der Waals surface area (Å²) >= 11 is 3.38. The molecule has 0 bridgehead atoms. The highest BCUT2D eigenvalue weighted by Gasteiger charge is 2.25. The number of esters is 1. The first kappa shape index (κ1) is 21.7. The first-order valence-corrected chi connectivity index (χ1v) is 9.73. The fraction of sp³-hybridized carbons (Fsp3) is 0.316. The van der Waals surface area contributed by atoms with Gasteiger partial charge in [-0.3, -0.25) is 9.59 Å². The van der Waals surface area contributed by atoms with Crippen molar-refractivity contribution in [3.63, 3.8) is 0 Å². The summed E-state index contributed by atoms with van der Waals surface area (Å²) in [7, 11) is 1.54. The van der Waals surface area contributed by atoms with Crippen molar-refractivity contribution < 1.29 is 24.2 Å². The number of methoxy groups -OCH3 is 1. The number of nitrogens with zero attached hydrogens (tertiary/aromatic N) is 4. The molecular weight excluding hydrogens is 458 g/mol. The lowest BCUT2D eigenvalue weighted by Gasteiger charge is -2.08. The van der Waals surface area contributed by atoms with Gasteiger partial charge >= 0.3 is 5.97 Å². The van der Waals surface area contributed by atoms with Crippen LogP contribution in [-0.4, -0.2) is 49.2 Å². The summed E-state index contributed by atoms with van der Waals surface area (Å²) in [4.78, 5) is 28.4. The molecule has 2 N–H and O–H groups in total. The number of carbonyl (C=O) groups excluding carboxylic acids is 2. The Morgan fingerprint density at radius 3 is 2.70 bits per heavy atom. The molecule has 1 atom stereocenters. The first-order chi connectivity index (χ1) is 14.3. The molecule has 3 rings (SSSR count). The number of aliphatic hydroxyl groups excluding tert-OH is 1. The molecule has 3 aromatic rings. The number of hydrogen-bond donors (Lipinski definition) is 2. The Morgan fingerprint density at radius 2 is 2.10 bits per heavy atom. The standard InChI is InChI=1S/C19H20BrN5O5/c1-9-16(18(28)12-5-6-15(29-4)13(20)7-12)14(8-26)21-17(9)19-22-24-25(23-19)10(2)30-11(3)27/h5-7,10,21,26H,8H2,1-4H3. The first-order valence-electron chi connectivity index (χ1n) is 8.94. The number of carbonyl (C=O) groups is 2. The molecule has 0 aliphatic rings. The maximum atomic E-state index is 13.2. The van der Waals surface area contributed by atoms with Gasteiger partial charge in [0.05, 0.1) is 29.6 Å². The van der Waals surface area contributed by atoms with Crippen LogP contribution in [0.25, 0.3) is 11.5 Å². The molecule has 0 aliphatic carbocycles. The van der Waals surface area contributed by atoms with Crippen LogP contribution in [0.4, 0.5) is 0 Å². The molecule has 0 radical (unpaired) electrons. The van der Waals surface area contributed by atoms with E-state index in [1.165, 1.54) is 14.0 Å². The number of aliphatic hydroxyl groups is 1. The van der Waals surface area contributed by atoms with Crippen molar-refractivity contribution in [2.45, 2.75) is 33.6 Å². The summed E-state index contributed by atoms with van der Waals surface area (Å²) in [5.74, 6) is 0.0564. The molecule has 0 amide bonds. The third-order valence-electron chi connectivity index (χ3n) is 4.44. The fourth-order valence-electron chi connectivity index (χ4n) is 3.03. The lowest BCUT2D eigenvalue weighted by molar-refractivity contribution is -0.151. The number of benzene rings is 1. The minimum atomic E-state index is -0.742. The van der Waals surface area contributed by atoms with E-state index in [1.807, 2.05) is 0 Å². The van der Waals surface area contributed by atoms with Crippen LogP contribution in [0.5, 0.6) is 5.75 Å². The lowest BCUT2D eigenvalue weighted by atomic mass is 9.99. The maximum absolute atomic E-state index is 13.2. The SMILES string of the molecule is COc1ccc(C(=O)c2c(CO)[nH]c(-c3nnn(C(C)OC(C)=O)n3)c2C)cc1Br. The number of nitrogens with one attached hydrogen (secondary N) is 1. The Labute approximate surface area is 180 Å². The number of rotatable bonds is 7. The predicted octanol–water partition coefficient (Wildman–Crippen LogP) is 2.55. The van der Waals surface area contributed by atoms with E-state index in [1.54, 1.807) is 32.0 Å². The van der Waals surface area contributed by atoms with Gasteiger partial charge < -0.3 is 19.6 Å². The average molecular weight is 478 g/mol. The number of tetrazole rings is 1. The molecule has 1 aromatic carbocycles. The number of hydrogen-bond acceptors (Lipinski definition) is 8. The number of aromatic nitrogens is 5. The monoisotopic (exact) mass is 477 g/mol. The van der Waals surface area contributed by atoms with Crippen LogP contribution in [0.3, 0.4) is 0 Å². The van der Waals surface area contributed by atoms with Gasteiger partial charge in [-0.15, -0.1) is 15.0 Å². The average Bonchev–Trinajstić information content (AvgIpc) is 3.31. The Bertz CT molecular complexity index is 1110. The minimum absolute atomic E-state index is 0.205. The van der Waals surface area contributed by atoms with Crippen molar-refractivity contribution in [1.82, 2.24) is 25.2 Å². The van der Waals surface area contributed by atoms with E-state index >= 15 is 0 Å². The zero-order chi connectivity index (χ0) is 22.0. The molecule has 0 fully saturated rings. The van der Waals surface area contributed by atoms with Gasteiger partial charge in [0.2, 0.25) is 12.1 Å². The molecule has 0 saturated carbocycles. The number of ketones is 1. The Morgan fingerprint density at radius 1 is 1.37 bits per heavy atom. The molecule has 1 unspecified atom stereocenters. The molecule has 158 valence electrons. The summed E-state index contributed by atoms with van der Waals surface area (Å²) in [6.07, 6.45) is -0.742. The van der Waals surface area contributed by atoms with Crippen LogP contribution in [0.15, 0.2) is 22.7 Å². The molecule has 0 aliphatic heterocycles. The Balaban J connectivity index is 1.99. The van der Waals surface area contributed by atoms with E-state index < -0.39 is 12.2 Å². The molecule has 2 heterocycles. The second-order valence-electron chi connectivity index (χ2n) is 6.46. The highest BCUT2D eigenvalue weighted by molar-refractivity contribution is 9.10. The van der Waals surface area contributed by atoms with E-state index in [9.17, 15) is 14.7 Å². The molecule has 0 saturated heterocycles.